The summed E-state index contributed by atoms with van der Waals surface area (Å²) in [5.41, 5.74) is -0.754. The lowest BCUT2D eigenvalue weighted by Gasteiger charge is -2.33. The van der Waals surface area contributed by atoms with Crippen LogP contribution in [0.1, 0.15) is 17.9 Å². The molecule has 0 unspecified atom stereocenters. The Morgan fingerprint density at radius 3 is 2.41 bits per heavy atom. The molecule has 0 N–H and O–H groups in total. The van der Waals surface area contributed by atoms with Crippen molar-refractivity contribution in [2.75, 3.05) is 28.9 Å². The van der Waals surface area contributed by atoms with Gasteiger partial charge < -0.3 is 4.42 Å². The Morgan fingerprint density at radius 2 is 1.76 bits per heavy atom. The molecule has 3 aromatic rings. The highest BCUT2D eigenvalue weighted by molar-refractivity contribution is 7.99. The first-order valence-corrected chi connectivity index (χ1v) is 12.4. The first-order valence-electron chi connectivity index (χ1n) is 9.88. The standard InChI is InChI=1S/C20H17F5N4O3S2/c21-14-3-4-15(22)17(10-14)29(34(30,31)28-5-7-33-8-6-28)11-13-2-1-12(9-16(13)23)19-26-27-20(32-19)18(24)25/h1-4,9-10,18H,5-8,11H2. The van der Waals surface area contributed by atoms with Gasteiger partial charge in [-0.2, -0.15) is 33.3 Å². The average Bonchev–Trinajstić information content (AvgIpc) is 3.31. The van der Waals surface area contributed by atoms with E-state index in [-0.39, 0.29) is 30.1 Å². The smallest absolute Gasteiger partial charge is 0.314 e. The molecule has 0 amide bonds. The molecular formula is C20H17F5N4O3S2. The lowest BCUT2D eigenvalue weighted by molar-refractivity contribution is 0.116. The van der Waals surface area contributed by atoms with Crippen molar-refractivity contribution in [2.45, 2.75) is 13.0 Å². The minimum Gasteiger partial charge on any atom is -0.415 e. The first-order chi connectivity index (χ1) is 16.2. The maximum atomic E-state index is 14.9. The van der Waals surface area contributed by atoms with Crippen LogP contribution in [-0.4, -0.2) is 47.5 Å². The minimum atomic E-state index is -4.34. The van der Waals surface area contributed by atoms with Gasteiger partial charge >= 0.3 is 16.6 Å². The molecule has 0 radical (unpaired) electrons. The molecule has 1 aliphatic heterocycles. The number of nitrogens with zero attached hydrogens (tertiary/aromatic N) is 4. The quantitative estimate of drug-likeness (QED) is 0.430. The van der Waals surface area contributed by atoms with E-state index in [9.17, 15) is 30.4 Å². The summed E-state index contributed by atoms with van der Waals surface area (Å²) in [6.07, 6.45) is -3.00. The summed E-state index contributed by atoms with van der Waals surface area (Å²) in [4.78, 5) is 0. The van der Waals surface area contributed by atoms with Crippen molar-refractivity contribution in [3.63, 3.8) is 0 Å². The van der Waals surface area contributed by atoms with Gasteiger partial charge in [0.05, 0.1) is 12.2 Å². The van der Waals surface area contributed by atoms with Gasteiger partial charge in [-0.15, -0.1) is 10.2 Å². The molecule has 1 aliphatic rings. The molecule has 0 atom stereocenters. The lowest BCUT2D eigenvalue weighted by atomic mass is 10.1. The Balaban J connectivity index is 1.70. The van der Waals surface area contributed by atoms with Gasteiger partial charge in [0.2, 0.25) is 5.89 Å². The molecule has 0 saturated carbocycles. The molecule has 34 heavy (non-hydrogen) atoms. The maximum absolute atomic E-state index is 14.9. The van der Waals surface area contributed by atoms with Gasteiger partial charge in [0, 0.05) is 41.8 Å². The summed E-state index contributed by atoms with van der Waals surface area (Å²) in [6.45, 7) is -0.332. The molecule has 7 nitrogen and oxygen atoms in total. The third-order valence-corrected chi connectivity index (χ3v) is 7.84. The van der Waals surface area contributed by atoms with Crippen LogP contribution in [0.25, 0.3) is 11.5 Å². The second-order valence-electron chi connectivity index (χ2n) is 7.17. The number of hydrogen-bond acceptors (Lipinski definition) is 6. The highest BCUT2D eigenvalue weighted by Crippen LogP contribution is 2.30. The van der Waals surface area contributed by atoms with Crippen molar-refractivity contribution in [1.29, 1.82) is 0 Å². The summed E-state index contributed by atoms with van der Waals surface area (Å²) in [5, 5.41) is 6.61. The molecule has 14 heteroatoms. The second kappa shape index (κ2) is 9.88. The van der Waals surface area contributed by atoms with Crippen molar-refractivity contribution in [2.24, 2.45) is 0 Å². The van der Waals surface area contributed by atoms with E-state index in [1.807, 2.05) is 0 Å². The van der Waals surface area contributed by atoms with Gasteiger partial charge in [-0.3, -0.25) is 4.31 Å². The zero-order valence-electron chi connectivity index (χ0n) is 17.3. The van der Waals surface area contributed by atoms with E-state index in [1.54, 1.807) is 11.8 Å². The molecule has 182 valence electrons. The Kier molecular flexibility index (Phi) is 7.09. The molecule has 1 fully saturated rings. The summed E-state index contributed by atoms with van der Waals surface area (Å²) in [7, 11) is -4.34. The number of anilines is 1. The SMILES string of the molecule is O=S(=O)(N1CCSCC1)N(Cc1ccc(-c2nnc(C(F)F)o2)cc1F)c1cc(F)ccc1F. The Hall–Kier alpha value is -2.71. The van der Waals surface area contributed by atoms with Crippen molar-refractivity contribution >= 4 is 27.7 Å². The van der Waals surface area contributed by atoms with Crippen LogP contribution < -0.4 is 4.31 Å². The summed E-state index contributed by atoms with van der Waals surface area (Å²) in [6, 6.07) is 5.71. The van der Waals surface area contributed by atoms with E-state index < -0.39 is 52.2 Å². The maximum Gasteiger partial charge on any atom is 0.314 e. The minimum absolute atomic E-state index is 0.0138. The predicted molar refractivity (Wildman–Crippen MR) is 115 cm³/mol. The fraction of sp³-hybridized carbons (Fsp3) is 0.300. The zero-order chi connectivity index (χ0) is 24.5. The molecule has 1 saturated heterocycles. The molecule has 2 heterocycles. The molecule has 0 aliphatic carbocycles. The number of rotatable bonds is 7. The number of alkyl halides is 2. The average molecular weight is 521 g/mol. The third kappa shape index (κ3) is 5.03. The number of aromatic nitrogens is 2. The highest BCUT2D eigenvalue weighted by atomic mass is 32.2. The van der Waals surface area contributed by atoms with E-state index in [2.05, 4.69) is 10.2 Å². The molecule has 4 rings (SSSR count). The van der Waals surface area contributed by atoms with Crippen molar-refractivity contribution < 1.29 is 34.8 Å². The van der Waals surface area contributed by atoms with Crippen molar-refractivity contribution in [3.8, 4) is 11.5 Å². The van der Waals surface area contributed by atoms with E-state index in [0.29, 0.717) is 15.8 Å². The van der Waals surface area contributed by atoms with E-state index in [1.165, 1.54) is 12.1 Å². The molecule has 2 aromatic carbocycles. The Labute approximate surface area is 195 Å². The van der Waals surface area contributed by atoms with Gasteiger partial charge in [-0.25, -0.2) is 13.2 Å². The van der Waals surface area contributed by atoms with Gasteiger partial charge in [0.1, 0.15) is 17.5 Å². The number of thioether (sulfide) groups is 1. The molecular weight excluding hydrogens is 503 g/mol. The van der Waals surface area contributed by atoms with Gasteiger partial charge in [-0.1, -0.05) is 6.07 Å². The van der Waals surface area contributed by atoms with Crippen LogP contribution in [0.4, 0.5) is 27.6 Å². The van der Waals surface area contributed by atoms with Crippen molar-refractivity contribution in [3.05, 3.63) is 65.3 Å². The van der Waals surface area contributed by atoms with Crippen LogP contribution in [0.5, 0.6) is 0 Å². The fourth-order valence-electron chi connectivity index (χ4n) is 3.29. The number of hydrogen-bond donors (Lipinski definition) is 0. The van der Waals surface area contributed by atoms with E-state index >= 15 is 0 Å². The number of benzene rings is 2. The summed E-state index contributed by atoms with van der Waals surface area (Å²) < 4.78 is 102. The van der Waals surface area contributed by atoms with Gasteiger partial charge in [0.25, 0.3) is 5.89 Å². The largest absolute Gasteiger partial charge is 0.415 e. The van der Waals surface area contributed by atoms with Crippen molar-refractivity contribution in [1.82, 2.24) is 14.5 Å². The highest BCUT2D eigenvalue weighted by Gasteiger charge is 2.33. The number of halogens is 5. The van der Waals surface area contributed by atoms with Crippen LogP contribution in [0, 0.1) is 17.5 Å². The van der Waals surface area contributed by atoms with Crippen LogP contribution in [0.2, 0.25) is 0 Å². The predicted octanol–water partition coefficient (Wildman–Crippen LogP) is 4.39. The first kappa shape index (κ1) is 24.4. The second-order valence-corrected chi connectivity index (χ2v) is 10.3. The lowest BCUT2D eigenvalue weighted by Crippen LogP contribution is -2.47. The van der Waals surface area contributed by atoms with E-state index in [4.69, 9.17) is 4.42 Å². The van der Waals surface area contributed by atoms with Gasteiger partial charge in [0.15, 0.2) is 0 Å². The zero-order valence-corrected chi connectivity index (χ0v) is 18.9. The topological polar surface area (TPSA) is 79.5 Å². The van der Waals surface area contributed by atoms with E-state index in [0.717, 1.165) is 28.6 Å². The van der Waals surface area contributed by atoms with Gasteiger partial charge in [-0.05, 0) is 24.3 Å². The Bertz CT molecular complexity index is 1280. The van der Waals surface area contributed by atoms with Crippen LogP contribution >= 0.6 is 11.8 Å². The molecule has 0 bridgehead atoms. The monoisotopic (exact) mass is 520 g/mol. The molecule has 0 spiro atoms. The molecule has 1 aromatic heterocycles. The van der Waals surface area contributed by atoms with Crippen LogP contribution in [0.3, 0.4) is 0 Å². The normalized spacial score (nSPS) is 15.1. The summed E-state index contributed by atoms with van der Waals surface area (Å²) >= 11 is 1.55. The van der Waals surface area contributed by atoms with Crippen LogP contribution in [0.15, 0.2) is 40.8 Å². The Morgan fingerprint density at radius 1 is 1.03 bits per heavy atom. The summed E-state index contributed by atoms with van der Waals surface area (Å²) in [5.74, 6) is -3.04. The third-order valence-electron chi connectivity index (χ3n) is 4.99. The fourth-order valence-corrected chi connectivity index (χ4v) is 6.04. The van der Waals surface area contributed by atoms with Crippen LogP contribution in [-0.2, 0) is 16.8 Å².